The van der Waals surface area contributed by atoms with E-state index in [-0.39, 0.29) is 25.9 Å². The van der Waals surface area contributed by atoms with Crippen LogP contribution in [0.4, 0.5) is 4.39 Å². The minimum atomic E-state index is -1.79. The Kier molecular flexibility index (Phi) is 10.9. The number of nitrogens with zero attached hydrogens (tertiary/aromatic N) is 2. The Morgan fingerprint density at radius 3 is 2.14 bits per heavy atom. The average molecular weight is 874 g/mol. The van der Waals surface area contributed by atoms with Crippen LogP contribution in [0.5, 0.6) is 0 Å². The Morgan fingerprint density at radius 1 is 0.755 bits per heavy atom. The van der Waals surface area contributed by atoms with E-state index in [4.69, 9.17) is 1.37 Å². The van der Waals surface area contributed by atoms with Gasteiger partial charge in [-0.25, -0.2) is 4.39 Å². The minimum Gasteiger partial charge on any atom is -0.305 e. The normalized spacial score (nSPS) is 13.2. The molecule has 0 saturated carbocycles. The number of halogens is 1. The van der Waals surface area contributed by atoms with Crippen molar-refractivity contribution in [1.29, 1.82) is 0 Å². The third kappa shape index (κ3) is 8.08. The standard InChI is InChI=1S/C28H25FNSSi.C14H16NSi.Ir/c1-18(32(2,3)4)20-15-16-30-25(17-20)24-12-8-11-22-23-14-13-21(19-9-6-5-7-10-19)26(29)28(23)31-27(22)24;1-16(2,3)13-9-10-14(15-11-13)12-7-5-4-6-8-12;/h5-11,13-18H,1-4H3;4-7,9-11H,1-3H3;/q2*-1;/i18D;;. The van der Waals surface area contributed by atoms with E-state index < -0.39 is 21.7 Å². The van der Waals surface area contributed by atoms with Gasteiger partial charge in [0, 0.05) is 39.4 Å². The van der Waals surface area contributed by atoms with Crippen molar-refractivity contribution in [2.45, 2.75) is 51.7 Å². The van der Waals surface area contributed by atoms with Gasteiger partial charge >= 0.3 is 0 Å². The molecule has 49 heavy (non-hydrogen) atoms. The zero-order valence-electron chi connectivity index (χ0n) is 30.0. The topological polar surface area (TPSA) is 25.8 Å². The molecule has 0 aliphatic carbocycles. The second-order valence-corrected chi connectivity index (χ2v) is 25.5. The van der Waals surface area contributed by atoms with Crippen molar-refractivity contribution in [1.82, 2.24) is 9.97 Å². The van der Waals surface area contributed by atoms with Crippen LogP contribution in [0.2, 0.25) is 39.3 Å². The first-order chi connectivity index (χ1) is 23.3. The second kappa shape index (κ2) is 15.1. The molecule has 0 aliphatic heterocycles. The van der Waals surface area contributed by atoms with Crippen LogP contribution in [-0.2, 0) is 20.1 Å². The van der Waals surface area contributed by atoms with Gasteiger partial charge in [0.15, 0.2) is 0 Å². The molecular formula is C42H41FIrN2SSi2-2. The summed E-state index contributed by atoms with van der Waals surface area (Å²) in [4.78, 5) is 9.15. The van der Waals surface area contributed by atoms with Crippen molar-refractivity contribution in [3.63, 3.8) is 0 Å². The number of pyridine rings is 2. The Bertz CT molecular complexity index is 2230. The summed E-state index contributed by atoms with van der Waals surface area (Å²) >= 11 is 1.45. The van der Waals surface area contributed by atoms with Crippen LogP contribution >= 0.6 is 11.3 Å². The molecular weight excluding hydrogens is 832 g/mol. The van der Waals surface area contributed by atoms with Crippen molar-refractivity contribution >= 4 is 52.8 Å². The van der Waals surface area contributed by atoms with Crippen LogP contribution in [0.1, 0.15) is 19.4 Å². The molecule has 7 rings (SSSR count). The molecule has 1 unspecified atom stereocenters. The van der Waals surface area contributed by atoms with Gasteiger partial charge in [0.2, 0.25) is 0 Å². The largest absolute Gasteiger partial charge is 0.305 e. The predicted octanol–water partition coefficient (Wildman–Crippen LogP) is 11.8. The van der Waals surface area contributed by atoms with Gasteiger partial charge in [-0.05, 0) is 43.8 Å². The third-order valence-electron chi connectivity index (χ3n) is 8.81. The fourth-order valence-corrected chi connectivity index (χ4v) is 8.89. The van der Waals surface area contributed by atoms with Gasteiger partial charge in [0.1, 0.15) is 5.82 Å². The van der Waals surface area contributed by atoms with Crippen molar-refractivity contribution in [3.05, 3.63) is 139 Å². The fourth-order valence-electron chi connectivity index (χ4n) is 5.59. The molecule has 0 aliphatic rings. The smallest absolute Gasteiger partial charge is 0.147 e. The maximum Gasteiger partial charge on any atom is 0.147 e. The molecule has 0 amide bonds. The van der Waals surface area contributed by atoms with E-state index in [1.165, 1.54) is 16.5 Å². The van der Waals surface area contributed by atoms with E-state index in [1.807, 2.05) is 104 Å². The van der Waals surface area contributed by atoms with Crippen LogP contribution in [0.15, 0.2) is 116 Å². The van der Waals surface area contributed by atoms with Gasteiger partial charge in [-0.1, -0.05) is 118 Å². The maximum atomic E-state index is 15.6. The van der Waals surface area contributed by atoms with E-state index in [9.17, 15) is 0 Å². The number of fused-ring (bicyclic) bond motifs is 3. The zero-order chi connectivity index (χ0) is 35.0. The molecule has 2 nitrogen and oxygen atoms in total. The van der Waals surface area contributed by atoms with Crippen molar-refractivity contribution in [2.75, 3.05) is 0 Å². The number of benzene rings is 4. The number of aromatic nitrogens is 2. The summed E-state index contributed by atoms with van der Waals surface area (Å²) < 4.78 is 26.3. The van der Waals surface area contributed by atoms with Crippen LogP contribution in [0.3, 0.4) is 0 Å². The summed E-state index contributed by atoms with van der Waals surface area (Å²) in [7, 11) is -3.02. The summed E-state index contributed by atoms with van der Waals surface area (Å²) in [6.45, 7) is 15.6. The summed E-state index contributed by atoms with van der Waals surface area (Å²) in [5, 5.41) is 3.31. The van der Waals surface area contributed by atoms with Crippen molar-refractivity contribution in [3.8, 4) is 33.6 Å². The molecule has 7 heteroatoms. The molecule has 1 atom stereocenters. The Labute approximate surface area is 311 Å². The molecule has 0 N–H and O–H groups in total. The van der Waals surface area contributed by atoms with E-state index in [0.29, 0.717) is 10.3 Å². The predicted molar refractivity (Wildman–Crippen MR) is 210 cm³/mol. The molecule has 0 spiro atoms. The Morgan fingerprint density at radius 2 is 1.49 bits per heavy atom. The molecule has 4 aromatic carbocycles. The van der Waals surface area contributed by atoms with Crippen molar-refractivity contribution < 1.29 is 25.9 Å². The van der Waals surface area contributed by atoms with Gasteiger partial charge in [0.05, 0.1) is 20.8 Å². The summed E-state index contributed by atoms with van der Waals surface area (Å²) in [5.41, 5.74) is 5.52. The van der Waals surface area contributed by atoms with Crippen molar-refractivity contribution in [2.24, 2.45) is 0 Å². The molecule has 251 valence electrons. The first-order valence-electron chi connectivity index (χ1n) is 16.8. The minimum absolute atomic E-state index is 0. The third-order valence-corrected chi connectivity index (χ3v) is 14.6. The van der Waals surface area contributed by atoms with Gasteiger partial charge in [-0.15, -0.1) is 59.7 Å². The fraction of sp³-hybridized carbons (Fsp3) is 0.190. The van der Waals surface area contributed by atoms with E-state index >= 15 is 4.39 Å². The monoisotopic (exact) mass is 874 g/mol. The van der Waals surface area contributed by atoms with Crippen LogP contribution in [-0.4, -0.2) is 26.1 Å². The average Bonchev–Trinajstić information content (AvgIpc) is 3.49. The van der Waals surface area contributed by atoms with Crippen LogP contribution in [0, 0.1) is 17.9 Å². The molecule has 0 saturated heterocycles. The first kappa shape index (κ1) is 35.2. The molecule has 0 bridgehead atoms. The molecule has 7 aromatic rings. The molecule has 3 aromatic heterocycles. The quantitative estimate of drug-likeness (QED) is 0.123. The van der Waals surface area contributed by atoms with Crippen LogP contribution in [0.25, 0.3) is 53.8 Å². The Balaban J connectivity index is 0.000000241. The van der Waals surface area contributed by atoms with E-state index in [1.54, 1.807) is 6.20 Å². The van der Waals surface area contributed by atoms with Gasteiger partial charge in [-0.3, -0.25) is 0 Å². The molecule has 0 fully saturated rings. The first-order valence-corrected chi connectivity index (χ1v) is 24.1. The Hall–Kier alpha value is -3.59. The second-order valence-electron chi connectivity index (χ2n) is 14.1. The SMILES string of the molecule is C[Si](C)(C)c1ccc(-c2[c-]cccc2)nc1.[2H]C(C)(c1ccnc(-c2[c-]ccc3c2sc2c(F)c(-c4ccccc4)ccc23)c1)[Si](C)(C)C.[Ir]. The zero-order valence-corrected chi connectivity index (χ0v) is 34.2. The van der Waals surface area contributed by atoms with E-state index in [0.717, 1.165) is 49.1 Å². The van der Waals surface area contributed by atoms with E-state index in [2.05, 4.69) is 73.5 Å². The number of thiophene rings is 1. The summed E-state index contributed by atoms with van der Waals surface area (Å²) in [6.07, 6.45) is 3.80. The number of hydrogen-bond donors (Lipinski definition) is 0. The summed E-state index contributed by atoms with van der Waals surface area (Å²) in [5.74, 6) is -0.190. The number of hydrogen-bond acceptors (Lipinski definition) is 3. The molecule has 3 heterocycles. The summed E-state index contributed by atoms with van der Waals surface area (Å²) in [6, 6.07) is 40.2. The maximum absolute atomic E-state index is 15.6. The van der Waals surface area contributed by atoms with Gasteiger partial charge in [0.25, 0.3) is 0 Å². The van der Waals surface area contributed by atoms with Gasteiger partial charge in [-0.2, -0.15) is 11.3 Å². The molecule has 1 radical (unpaired) electrons. The number of rotatable bonds is 6. The van der Waals surface area contributed by atoms with Crippen LogP contribution < -0.4 is 5.19 Å². The van der Waals surface area contributed by atoms with Gasteiger partial charge < -0.3 is 9.97 Å².